The van der Waals surface area contributed by atoms with Gasteiger partial charge in [0.2, 0.25) is 11.8 Å². The number of nitrogens with zero attached hydrogens (tertiary/aromatic N) is 1. The summed E-state index contributed by atoms with van der Waals surface area (Å²) >= 11 is 3.33. The highest BCUT2D eigenvalue weighted by Gasteiger charge is 2.10. The summed E-state index contributed by atoms with van der Waals surface area (Å²) < 4.78 is 6.14. The minimum atomic E-state index is -0.433. The number of benzene rings is 2. The van der Waals surface area contributed by atoms with E-state index in [2.05, 4.69) is 40.1 Å². The molecule has 1 aromatic heterocycles. The van der Waals surface area contributed by atoms with Crippen molar-refractivity contribution in [3.8, 4) is 11.5 Å². The van der Waals surface area contributed by atoms with Crippen LogP contribution in [0.5, 0.6) is 0 Å². The Morgan fingerprint density at radius 2 is 1.92 bits per heavy atom. The van der Waals surface area contributed by atoms with Crippen molar-refractivity contribution in [1.29, 1.82) is 0 Å². The number of halogens is 1. The Hall–Kier alpha value is -2.47. The van der Waals surface area contributed by atoms with E-state index in [-0.39, 0.29) is 11.8 Å². The molecule has 3 aromatic rings. The zero-order valence-electron chi connectivity index (χ0n) is 14.6. The van der Waals surface area contributed by atoms with Gasteiger partial charge in [0.1, 0.15) is 0 Å². The van der Waals surface area contributed by atoms with E-state index in [0.717, 1.165) is 10.9 Å². The summed E-state index contributed by atoms with van der Waals surface area (Å²) in [7, 11) is 0. The molecule has 134 valence electrons. The van der Waals surface area contributed by atoms with Crippen LogP contribution in [0, 0.1) is 5.92 Å². The highest BCUT2D eigenvalue weighted by atomic mass is 79.9. The van der Waals surface area contributed by atoms with Crippen LogP contribution in [0.15, 0.2) is 56.1 Å². The van der Waals surface area contributed by atoms with Crippen LogP contribution in [0.1, 0.15) is 26.7 Å². The number of hydrogen-bond acceptors (Lipinski definition) is 4. The van der Waals surface area contributed by atoms with Crippen LogP contribution in [0.2, 0.25) is 0 Å². The molecule has 0 spiro atoms. The van der Waals surface area contributed by atoms with Gasteiger partial charge in [-0.15, -0.1) is 0 Å². The third-order valence-corrected chi connectivity index (χ3v) is 4.45. The van der Waals surface area contributed by atoms with Crippen molar-refractivity contribution in [3.63, 3.8) is 0 Å². The van der Waals surface area contributed by atoms with Crippen LogP contribution < -0.4 is 10.9 Å². The van der Waals surface area contributed by atoms with Crippen molar-refractivity contribution in [2.24, 2.45) is 5.92 Å². The second-order valence-corrected chi connectivity index (χ2v) is 7.44. The number of rotatable bonds is 5. The maximum Gasteiger partial charge on any atom is 0.347 e. The van der Waals surface area contributed by atoms with Crippen molar-refractivity contribution in [3.05, 3.63) is 57.4 Å². The van der Waals surface area contributed by atoms with Crippen LogP contribution >= 0.6 is 15.9 Å². The molecule has 1 N–H and O–H groups in total. The number of carbonyl (C=O) groups is 1. The number of fused-ring (bicyclic) bond motifs is 1. The average molecular weight is 415 g/mol. The molecular formula is C20H19BrN2O3. The first-order chi connectivity index (χ1) is 12.4. The fraction of sp³-hybridized carbons (Fsp3) is 0.250. The van der Waals surface area contributed by atoms with Gasteiger partial charge in [-0.25, -0.2) is 9.78 Å². The maximum atomic E-state index is 12.2. The first-order valence-electron chi connectivity index (χ1n) is 8.43. The monoisotopic (exact) mass is 414 g/mol. The molecule has 3 rings (SSSR count). The Bertz CT molecular complexity index is 994. The molecule has 0 aliphatic rings. The fourth-order valence-electron chi connectivity index (χ4n) is 2.51. The molecule has 0 atom stereocenters. The molecule has 0 saturated carbocycles. The van der Waals surface area contributed by atoms with Gasteiger partial charge in [0.05, 0.1) is 10.9 Å². The molecule has 5 nitrogen and oxygen atoms in total. The Labute approximate surface area is 159 Å². The number of aromatic nitrogens is 1. The molecule has 2 aromatic carbocycles. The number of nitrogens with one attached hydrogen (secondary N) is 1. The van der Waals surface area contributed by atoms with E-state index in [1.807, 2.05) is 6.07 Å². The molecule has 0 aliphatic carbocycles. The van der Waals surface area contributed by atoms with E-state index in [9.17, 15) is 9.59 Å². The van der Waals surface area contributed by atoms with Crippen molar-refractivity contribution < 1.29 is 9.21 Å². The smallest absolute Gasteiger partial charge is 0.347 e. The average Bonchev–Trinajstić information content (AvgIpc) is 2.61. The van der Waals surface area contributed by atoms with Crippen LogP contribution in [0.4, 0.5) is 5.69 Å². The standard InChI is InChI=1S/C20H19BrN2O3/c1-12(2)3-10-18(24)22-15-7-4-13(5-8-15)19-23-17-9-6-14(21)11-16(17)20(25)26-19/h4-9,11-12H,3,10H2,1-2H3,(H,22,24). The van der Waals surface area contributed by atoms with Crippen molar-refractivity contribution in [1.82, 2.24) is 4.98 Å². The third-order valence-electron chi connectivity index (χ3n) is 3.95. The van der Waals surface area contributed by atoms with Crippen molar-refractivity contribution >= 4 is 38.4 Å². The normalized spacial score (nSPS) is 11.1. The first kappa shape index (κ1) is 18.3. The topological polar surface area (TPSA) is 72.2 Å². The Kier molecular flexibility index (Phi) is 5.52. The third kappa shape index (κ3) is 4.38. The number of carbonyl (C=O) groups excluding carboxylic acids is 1. The minimum Gasteiger partial charge on any atom is -0.403 e. The summed E-state index contributed by atoms with van der Waals surface area (Å²) in [6.07, 6.45) is 1.35. The Balaban J connectivity index is 1.80. The molecule has 0 saturated heterocycles. The molecule has 1 heterocycles. The molecule has 0 fully saturated rings. The van der Waals surface area contributed by atoms with Crippen LogP contribution in [-0.2, 0) is 4.79 Å². The molecule has 0 unspecified atom stereocenters. The van der Waals surface area contributed by atoms with Crippen molar-refractivity contribution in [2.75, 3.05) is 5.32 Å². The van der Waals surface area contributed by atoms with Gasteiger partial charge < -0.3 is 9.73 Å². The van der Waals surface area contributed by atoms with Gasteiger partial charge in [-0.3, -0.25) is 4.79 Å². The minimum absolute atomic E-state index is 0.00705. The second-order valence-electron chi connectivity index (χ2n) is 6.53. The summed E-state index contributed by atoms with van der Waals surface area (Å²) in [5, 5.41) is 3.29. The molecular weight excluding hydrogens is 396 g/mol. The zero-order valence-corrected chi connectivity index (χ0v) is 16.2. The first-order valence-corrected chi connectivity index (χ1v) is 9.22. The lowest BCUT2D eigenvalue weighted by Gasteiger charge is -2.07. The highest BCUT2D eigenvalue weighted by molar-refractivity contribution is 9.10. The van der Waals surface area contributed by atoms with Gasteiger partial charge in [-0.2, -0.15) is 0 Å². The molecule has 0 aliphatic heterocycles. The summed E-state index contributed by atoms with van der Waals surface area (Å²) in [6, 6.07) is 12.4. The quantitative estimate of drug-likeness (QED) is 0.637. The number of anilines is 1. The lowest BCUT2D eigenvalue weighted by Crippen LogP contribution is -2.12. The molecule has 1 amide bonds. The van der Waals surface area contributed by atoms with Crippen LogP contribution in [-0.4, -0.2) is 10.9 Å². The van der Waals surface area contributed by atoms with E-state index in [4.69, 9.17) is 4.42 Å². The fourth-order valence-corrected chi connectivity index (χ4v) is 2.87. The number of hydrogen-bond donors (Lipinski definition) is 1. The van der Waals surface area contributed by atoms with Crippen LogP contribution in [0.25, 0.3) is 22.4 Å². The summed E-state index contributed by atoms with van der Waals surface area (Å²) in [5.74, 6) is 0.737. The van der Waals surface area contributed by atoms with Gasteiger partial charge in [0, 0.05) is 22.1 Å². The molecule has 26 heavy (non-hydrogen) atoms. The molecule has 6 heteroatoms. The Morgan fingerprint density at radius 1 is 1.19 bits per heavy atom. The lowest BCUT2D eigenvalue weighted by atomic mass is 10.1. The predicted molar refractivity (Wildman–Crippen MR) is 106 cm³/mol. The van der Waals surface area contributed by atoms with E-state index < -0.39 is 5.63 Å². The van der Waals surface area contributed by atoms with Crippen molar-refractivity contribution in [2.45, 2.75) is 26.7 Å². The molecule has 0 bridgehead atoms. The largest absolute Gasteiger partial charge is 0.403 e. The van der Waals surface area contributed by atoms with Gasteiger partial charge >= 0.3 is 5.63 Å². The van der Waals surface area contributed by atoms with E-state index >= 15 is 0 Å². The van der Waals surface area contributed by atoms with E-state index in [1.54, 1.807) is 36.4 Å². The predicted octanol–water partition coefficient (Wildman–Crippen LogP) is 4.99. The van der Waals surface area contributed by atoms with Gasteiger partial charge in [0.25, 0.3) is 0 Å². The maximum absolute atomic E-state index is 12.2. The van der Waals surface area contributed by atoms with E-state index in [0.29, 0.717) is 34.5 Å². The van der Waals surface area contributed by atoms with Gasteiger partial charge in [-0.05, 0) is 54.8 Å². The molecule has 0 radical (unpaired) electrons. The van der Waals surface area contributed by atoms with Gasteiger partial charge in [0.15, 0.2) is 0 Å². The SMILES string of the molecule is CC(C)CCC(=O)Nc1ccc(-c2nc3ccc(Br)cc3c(=O)o2)cc1. The summed E-state index contributed by atoms with van der Waals surface area (Å²) in [6.45, 7) is 4.18. The zero-order chi connectivity index (χ0) is 18.7. The Morgan fingerprint density at radius 3 is 2.62 bits per heavy atom. The van der Waals surface area contributed by atoms with Crippen LogP contribution in [0.3, 0.4) is 0 Å². The second kappa shape index (κ2) is 7.83. The lowest BCUT2D eigenvalue weighted by molar-refractivity contribution is -0.116. The highest BCUT2D eigenvalue weighted by Crippen LogP contribution is 2.22. The number of amides is 1. The van der Waals surface area contributed by atoms with Gasteiger partial charge in [-0.1, -0.05) is 29.8 Å². The van der Waals surface area contributed by atoms with E-state index in [1.165, 1.54) is 0 Å². The summed E-state index contributed by atoms with van der Waals surface area (Å²) in [4.78, 5) is 28.5. The summed E-state index contributed by atoms with van der Waals surface area (Å²) in [5.41, 5.74) is 1.52.